The standard InChI is InChI=1S/C20H18N2O2/c1-2-24-19-10-6-7-17(13-19)20(23)12-11-16-14-21-22(15-16)18-8-4-3-5-9-18/h3-15H,2H2,1H3/b12-11+. The van der Waals surface area contributed by atoms with Crippen molar-refractivity contribution in [3.63, 3.8) is 0 Å². The lowest BCUT2D eigenvalue weighted by molar-refractivity contribution is 0.104. The lowest BCUT2D eigenvalue weighted by atomic mass is 10.1. The van der Waals surface area contributed by atoms with E-state index in [-0.39, 0.29) is 5.78 Å². The zero-order chi connectivity index (χ0) is 16.8. The highest BCUT2D eigenvalue weighted by Gasteiger charge is 2.04. The van der Waals surface area contributed by atoms with Crippen LogP contribution >= 0.6 is 0 Å². The second-order valence-corrected chi connectivity index (χ2v) is 5.21. The van der Waals surface area contributed by atoms with E-state index in [4.69, 9.17) is 4.74 Å². The van der Waals surface area contributed by atoms with Crippen molar-refractivity contribution >= 4 is 11.9 Å². The van der Waals surface area contributed by atoms with Gasteiger partial charge in [0.05, 0.1) is 18.5 Å². The molecule has 0 unspecified atom stereocenters. The number of aromatic nitrogens is 2. The van der Waals surface area contributed by atoms with Gasteiger partial charge < -0.3 is 4.74 Å². The third-order valence-electron chi connectivity index (χ3n) is 3.48. The first-order valence-corrected chi connectivity index (χ1v) is 7.81. The van der Waals surface area contributed by atoms with Crippen molar-refractivity contribution in [2.24, 2.45) is 0 Å². The molecule has 0 atom stereocenters. The van der Waals surface area contributed by atoms with E-state index in [1.54, 1.807) is 35.2 Å². The van der Waals surface area contributed by atoms with E-state index in [1.807, 2.05) is 55.6 Å². The molecule has 4 nitrogen and oxygen atoms in total. The maximum atomic E-state index is 12.3. The van der Waals surface area contributed by atoms with Crippen LogP contribution in [0.3, 0.4) is 0 Å². The Morgan fingerprint density at radius 2 is 2.00 bits per heavy atom. The second-order valence-electron chi connectivity index (χ2n) is 5.21. The average Bonchev–Trinajstić information content (AvgIpc) is 3.10. The fraction of sp³-hybridized carbons (Fsp3) is 0.100. The van der Waals surface area contributed by atoms with E-state index in [0.29, 0.717) is 17.9 Å². The average molecular weight is 318 g/mol. The number of rotatable bonds is 6. The highest BCUT2D eigenvalue weighted by atomic mass is 16.5. The van der Waals surface area contributed by atoms with E-state index in [1.165, 1.54) is 0 Å². The minimum Gasteiger partial charge on any atom is -0.494 e. The van der Waals surface area contributed by atoms with Crippen LogP contribution in [0, 0.1) is 0 Å². The third kappa shape index (κ3) is 3.79. The molecule has 0 spiro atoms. The number of hydrogen-bond donors (Lipinski definition) is 0. The van der Waals surface area contributed by atoms with Gasteiger partial charge in [-0.25, -0.2) is 4.68 Å². The number of ketones is 1. The van der Waals surface area contributed by atoms with Gasteiger partial charge in [-0.15, -0.1) is 0 Å². The lowest BCUT2D eigenvalue weighted by Crippen LogP contribution is -1.96. The zero-order valence-corrected chi connectivity index (χ0v) is 13.4. The SMILES string of the molecule is CCOc1cccc(C(=O)/C=C/c2cnn(-c3ccccc3)c2)c1. The van der Waals surface area contributed by atoms with Crippen molar-refractivity contribution < 1.29 is 9.53 Å². The summed E-state index contributed by atoms with van der Waals surface area (Å²) in [6.07, 6.45) is 6.93. The number of nitrogens with zero attached hydrogens (tertiary/aromatic N) is 2. The number of benzene rings is 2. The van der Waals surface area contributed by atoms with Crippen molar-refractivity contribution in [3.05, 3.63) is 84.2 Å². The summed E-state index contributed by atoms with van der Waals surface area (Å²) < 4.78 is 7.20. The van der Waals surface area contributed by atoms with Gasteiger partial charge >= 0.3 is 0 Å². The van der Waals surface area contributed by atoms with Crippen molar-refractivity contribution in [3.8, 4) is 11.4 Å². The van der Waals surface area contributed by atoms with Gasteiger partial charge in [-0.05, 0) is 43.3 Å². The molecule has 0 aliphatic rings. The van der Waals surface area contributed by atoms with Crippen LogP contribution < -0.4 is 4.74 Å². The Bertz CT molecular complexity index is 851. The van der Waals surface area contributed by atoms with Crippen LogP contribution in [-0.2, 0) is 0 Å². The summed E-state index contributed by atoms with van der Waals surface area (Å²) in [6, 6.07) is 17.0. The van der Waals surface area contributed by atoms with Crippen molar-refractivity contribution in [2.45, 2.75) is 6.92 Å². The van der Waals surface area contributed by atoms with Gasteiger partial charge in [-0.2, -0.15) is 5.10 Å². The highest BCUT2D eigenvalue weighted by Crippen LogP contribution is 2.15. The maximum absolute atomic E-state index is 12.3. The molecule has 120 valence electrons. The minimum absolute atomic E-state index is 0.0657. The first-order valence-electron chi connectivity index (χ1n) is 7.81. The van der Waals surface area contributed by atoms with Gasteiger partial charge in [0.25, 0.3) is 0 Å². The molecule has 0 fully saturated rings. The van der Waals surface area contributed by atoms with Crippen molar-refractivity contribution in [2.75, 3.05) is 6.61 Å². The van der Waals surface area contributed by atoms with Crippen LogP contribution in [0.1, 0.15) is 22.8 Å². The predicted molar refractivity (Wildman–Crippen MR) is 94.5 cm³/mol. The van der Waals surface area contributed by atoms with Gasteiger partial charge in [0.2, 0.25) is 0 Å². The summed E-state index contributed by atoms with van der Waals surface area (Å²) in [7, 11) is 0. The Morgan fingerprint density at radius 3 is 2.79 bits per heavy atom. The van der Waals surface area contributed by atoms with E-state index in [0.717, 1.165) is 11.3 Å². The molecular weight excluding hydrogens is 300 g/mol. The Kier molecular flexibility index (Phi) is 4.87. The lowest BCUT2D eigenvalue weighted by Gasteiger charge is -2.03. The fourth-order valence-electron chi connectivity index (χ4n) is 2.32. The summed E-state index contributed by atoms with van der Waals surface area (Å²) in [6.45, 7) is 2.49. The molecule has 2 aromatic carbocycles. The molecule has 1 aromatic heterocycles. The quantitative estimate of drug-likeness (QED) is 0.506. The summed E-state index contributed by atoms with van der Waals surface area (Å²) >= 11 is 0. The summed E-state index contributed by atoms with van der Waals surface area (Å²) in [4.78, 5) is 12.3. The molecule has 4 heteroatoms. The van der Waals surface area contributed by atoms with Gasteiger partial charge in [-0.3, -0.25) is 4.79 Å². The van der Waals surface area contributed by atoms with Gasteiger partial charge in [0, 0.05) is 17.3 Å². The number of para-hydroxylation sites is 1. The Balaban J connectivity index is 1.73. The summed E-state index contributed by atoms with van der Waals surface area (Å²) in [5.41, 5.74) is 2.45. The normalized spacial score (nSPS) is 10.9. The largest absolute Gasteiger partial charge is 0.494 e. The Hall–Kier alpha value is -3.14. The first kappa shape index (κ1) is 15.7. The van der Waals surface area contributed by atoms with E-state index in [2.05, 4.69) is 5.10 Å². The molecular formula is C20H18N2O2. The fourth-order valence-corrected chi connectivity index (χ4v) is 2.32. The van der Waals surface area contributed by atoms with Crippen LogP contribution in [0.25, 0.3) is 11.8 Å². The number of allylic oxidation sites excluding steroid dienone is 1. The zero-order valence-electron chi connectivity index (χ0n) is 13.4. The number of ether oxygens (including phenoxy) is 1. The molecule has 0 aliphatic heterocycles. The van der Waals surface area contributed by atoms with Crippen LogP contribution in [0.5, 0.6) is 5.75 Å². The van der Waals surface area contributed by atoms with Crippen LogP contribution in [0.15, 0.2) is 73.1 Å². The second kappa shape index (κ2) is 7.42. The van der Waals surface area contributed by atoms with Crippen molar-refractivity contribution in [1.82, 2.24) is 9.78 Å². The number of carbonyl (C=O) groups is 1. The molecule has 0 saturated heterocycles. The molecule has 0 aliphatic carbocycles. The van der Waals surface area contributed by atoms with E-state index < -0.39 is 0 Å². The van der Waals surface area contributed by atoms with E-state index in [9.17, 15) is 4.79 Å². The highest BCUT2D eigenvalue weighted by molar-refractivity contribution is 6.07. The maximum Gasteiger partial charge on any atom is 0.185 e. The van der Waals surface area contributed by atoms with Gasteiger partial charge in [0.15, 0.2) is 5.78 Å². The number of carbonyl (C=O) groups excluding carboxylic acids is 1. The van der Waals surface area contributed by atoms with Crippen LogP contribution in [0.4, 0.5) is 0 Å². The summed E-state index contributed by atoms with van der Waals surface area (Å²) in [5, 5.41) is 4.31. The molecule has 0 amide bonds. The molecule has 24 heavy (non-hydrogen) atoms. The molecule has 3 rings (SSSR count). The Morgan fingerprint density at radius 1 is 1.17 bits per heavy atom. The molecule has 1 heterocycles. The molecule has 3 aromatic rings. The smallest absolute Gasteiger partial charge is 0.185 e. The van der Waals surface area contributed by atoms with Crippen LogP contribution in [0.2, 0.25) is 0 Å². The van der Waals surface area contributed by atoms with E-state index >= 15 is 0 Å². The summed E-state index contributed by atoms with van der Waals surface area (Å²) in [5.74, 6) is 0.637. The minimum atomic E-state index is -0.0657. The van der Waals surface area contributed by atoms with Gasteiger partial charge in [-0.1, -0.05) is 30.3 Å². The third-order valence-corrected chi connectivity index (χ3v) is 3.48. The molecule has 0 N–H and O–H groups in total. The monoisotopic (exact) mass is 318 g/mol. The molecule has 0 radical (unpaired) electrons. The first-order chi connectivity index (χ1) is 11.8. The Labute approximate surface area is 141 Å². The van der Waals surface area contributed by atoms with Crippen LogP contribution in [-0.4, -0.2) is 22.2 Å². The number of hydrogen-bond acceptors (Lipinski definition) is 3. The molecule has 0 saturated carbocycles. The molecule has 0 bridgehead atoms. The predicted octanol–water partition coefficient (Wildman–Crippen LogP) is 4.17. The topological polar surface area (TPSA) is 44.1 Å². The van der Waals surface area contributed by atoms with Crippen molar-refractivity contribution in [1.29, 1.82) is 0 Å². The van der Waals surface area contributed by atoms with Gasteiger partial charge in [0.1, 0.15) is 5.75 Å².